The van der Waals surface area contributed by atoms with Crippen LogP contribution in [0, 0.1) is 0 Å². The molecule has 0 radical (unpaired) electrons. The predicted octanol–water partition coefficient (Wildman–Crippen LogP) is 2.50. The van der Waals surface area contributed by atoms with Crippen LogP contribution in [-0.4, -0.2) is 47.1 Å². The van der Waals surface area contributed by atoms with Crippen molar-refractivity contribution in [1.29, 1.82) is 0 Å². The second-order valence-corrected chi connectivity index (χ2v) is 6.62. The number of carbonyl (C=O) groups is 1. The van der Waals surface area contributed by atoms with E-state index in [9.17, 15) is 9.59 Å². The molecule has 1 saturated heterocycles. The molecule has 3 heterocycles. The van der Waals surface area contributed by atoms with Gasteiger partial charge in [-0.1, -0.05) is 6.92 Å². The van der Waals surface area contributed by atoms with Crippen LogP contribution in [0.3, 0.4) is 0 Å². The molecular weight excluding hydrogens is 358 g/mol. The molecule has 1 aromatic carbocycles. The van der Waals surface area contributed by atoms with Crippen LogP contribution in [0.25, 0.3) is 11.0 Å². The number of piperazine rings is 1. The van der Waals surface area contributed by atoms with Crippen LogP contribution in [0.2, 0.25) is 0 Å². The molecule has 144 valence electrons. The predicted molar refractivity (Wildman–Crippen MR) is 107 cm³/mol. The fourth-order valence-corrected chi connectivity index (χ4v) is 3.26. The van der Waals surface area contributed by atoms with Crippen LogP contribution in [0.1, 0.15) is 12.6 Å². The highest BCUT2D eigenvalue weighted by Gasteiger charge is 2.22. The third kappa shape index (κ3) is 3.66. The maximum absolute atomic E-state index is 12.6. The van der Waals surface area contributed by atoms with E-state index in [4.69, 9.17) is 4.42 Å². The number of anilines is 2. The molecule has 28 heavy (non-hydrogen) atoms. The van der Waals surface area contributed by atoms with Crippen LogP contribution in [0.15, 0.2) is 52.1 Å². The lowest BCUT2D eigenvalue weighted by atomic mass is 10.2. The third-order valence-electron chi connectivity index (χ3n) is 4.87. The molecular formula is C20H21N5O3. The average molecular weight is 379 g/mol. The van der Waals surface area contributed by atoms with Gasteiger partial charge in [-0.3, -0.25) is 4.79 Å². The van der Waals surface area contributed by atoms with E-state index in [-0.39, 0.29) is 11.5 Å². The Bertz CT molecular complexity index is 1060. The minimum atomic E-state index is -0.184. The quantitative estimate of drug-likeness (QED) is 0.752. The highest BCUT2D eigenvalue weighted by Crippen LogP contribution is 2.18. The summed E-state index contributed by atoms with van der Waals surface area (Å²) in [6, 6.07) is 8.23. The number of hydrogen-bond donors (Lipinski definition) is 1. The minimum Gasteiger partial charge on any atom is -0.464 e. The Labute approximate surface area is 161 Å². The number of rotatable bonds is 3. The Balaban J connectivity index is 1.40. The van der Waals surface area contributed by atoms with Crippen molar-refractivity contribution in [2.45, 2.75) is 13.3 Å². The first-order chi connectivity index (χ1) is 13.6. The van der Waals surface area contributed by atoms with E-state index >= 15 is 0 Å². The van der Waals surface area contributed by atoms with E-state index in [2.05, 4.69) is 27.1 Å². The van der Waals surface area contributed by atoms with E-state index < -0.39 is 0 Å². The van der Waals surface area contributed by atoms with Gasteiger partial charge in [0, 0.05) is 49.7 Å². The summed E-state index contributed by atoms with van der Waals surface area (Å²) < 4.78 is 5.30. The Kier molecular flexibility index (Phi) is 4.92. The third-order valence-corrected chi connectivity index (χ3v) is 4.87. The summed E-state index contributed by atoms with van der Waals surface area (Å²) >= 11 is 0. The largest absolute Gasteiger partial charge is 0.464 e. The molecule has 0 saturated carbocycles. The summed E-state index contributed by atoms with van der Waals surface area (Å²) in [6.45, 7) is 4.65. The molecule has 2 aromatic heterocycles. The molecule has 1 N–H and O–H groups in total. The van der Waals surface area contributed by atoms with Gasteiger partial charge in [0.05, 0.1) is 11.6 Å². The van der Waals surface area contributed by atoms with Gasteiger partial charge in [0.2, 0.25) is 0 Å². The van der Waals surface area contributed by atoms with Gasteiger partial charge >= 0.3 is 6.03 Å². The summed E-state index contributed by atoms with van der Waals surface area (Å²) in [6.07, 6.45) is 3.81. The van der Waals surface area contributed by atoms with E-state index in [0.717, 1.165) is 17.9 Å². The van der Waals surface area contributed by atoms with Crippen LogP contribution in [0.4, 0.5) is 16.3 Å². The van der Waals surface area contributed by atoms with Crippen LogP contribution < -0.4 is 15.6 Å². The fraction of sp³-hybridized carbons (Fsp3) is 0.300. The van der Waals surface area contributed by atoms with E-state index in [0.29, 0.717) is 42.8 Å². The molecule has 1 aliphatic heterocycles. The topological polar surface area (TPSA) is 91.6 Å². The number of urea groups is 1. The Hall–Kier alpha value is -3.42. The highest BCUT2D eigenvalue weighted by molar-refractivity contribution is 5.92. The SMILES string of the molecule is CCc1cc(N2CCN(C(=O)Nc3ccc4occc(=O)c4c3)CC2)ncn1. The lowest BCUT2D eigenvalue weighted by Crippen LogP contribution is -2.50. The Morgan fingerprint density at radius 1 is 1.14 bits per heavy atom. The summed E-state index contributed by atoms with van der Waals surface area (Å²) in [4.78, 5) is 37.0. The number of carbonyl (C=O) groups excluding carboxylic acids is 1. The Morgan fingerprint density at radius 2 is 1.96 bits per heavy atom. The molecule has 0 aliphatic carbocycles. The van der Waals surface area contributed by atoms with Crippen molar-refractivity contribution in [2.75, 3.05) is 36.4 Å². The second-order valence-electron chi connectivity index (χ2n) is 6.62. The van der Waals surface area contributed by atoms with Gasteiger partial charge in [0.15, 0.2) is 5.43 Å². The zero-order valence-electron chi connectivity index (χ0n) is 15.6. The van der Waals surface area contributed by atoms with Gasteiger partial charge in [-0.2, -0.15) is 0 Å². The molecule has 8 nitrogen and oxygen atoms in total. The van der Waals surface area contributed by atoms with Gasteiger partial charge < -0.3 is 19.5 Å². The molecule has 2 amide bonds. The molecule has 3 aromatic rings. The zero-order valence-corrected chi connectivity index (χ0v) is 15.6. The molecule has 0 bridgehead atoms. The first-order valence-electron chi connectivity index (χ1n) is 9.27. The van der Waals surface area contributed by atoms with Crippen molar-refractivity contribution >= 4 is 28.5 Å². The van der Waals surface area contributed by atoms with Crippen LogP contribution in [-0.2, 0) is 6.42 Å². The maximum Gasteiger partial charge on any atom is 0.321 e. The van der Waals surface area contributed by atoms with Crippen molar-refractivity contribution in [1.82, 2.24) is 14.9 Å². The molecule has 4 rings (SSSR count). The minimum absolute atomic E-state index is 0.137. The first kappa shape index (κ1) is 18.0. The van der Waals surface area contributed by atoms with Gasteiger partial charge in [-0.15, -0.1) is 0 Å². The van der Waals surface area contributed by atoms with Gasteiger partial charge in [0.1, 0.15) is 17.7 Å². The summed E-state index contributed by atoms with van der Waals surface area (Å²) in [5.41, 5.74) is 1.94. The highest BCUT2D eigenvalue weighted by atomic mass is 16.3. The van der Waals surface area contributed by atoms with Gasteiger partial charge in [0.25, 0.3) is 0 Å². The van der Waals surface area contributed by atoms with Crippen molar-refractivity contribution in [2.24, 2.45) is 0 Å². The van der Waals surface area contributed by atoms with Crippen molar-refractivity contribution in [3.8, 4) is 0 Å². The molecule has 1 aliphatic rings. The normalized spacial score (nSPS) is 14.3. The number of fused-ring (bicyclic) bond motifs is 1. The second kappa shape index (κ2) is 7.67. The zero-order chi connectivity index (χ0) is 19.5. The maximum atomic E-state index is 12.6. The van der Waals surface area contributed by atoms with Crippen molar-refractivity contribution in [3.05, 3.63) is 58.8 Å². The number of benzene rings is 1. The fourth-order valence-electron chi connectivity index (χ4n) is 3.26. The average Bonchev–Trinajstić information content (AvgIpc) is 2.74. The molecule has 0 spiro atoms. The molecule has 0 unspecified atom stereocenters. The monoisotopic (exact) mass is 379 g/mol. The van der Waals surface area contributed by atoms with Crippen LogP contribution >= 0.6 is 0 Å². The van der Waals surface area contributed by atoms with E-state index in [1.54, 1.807) is 29.4 Å². The summed E-state index contributed by atoms with van der Waals surface area (Å²) in [7, 11) is 0. The smallest absolute Gasteiger partial charge is 0.321 e. The van der Waals surface area contributed by atoms with E-state index in [1.807, 2.05) is 6.07 Å². The summed E-state index contributed by atoms with van der Waals surface area (Å²) in [5.74, 6) is 0.896. The lowest BCUT2D eigenvalue weighted by molar-refractivity contribution is 0.208. The van der Waals surface area contributed by atoms with Crippen molar-refractivity contribution < 1.29 is 9.21 Å². The van der Waals surface area contributed by atoms with Gasteiger partial charge in [-0.05, 0) is 24.6 Å². The number of nitrogens with one attached hydrogen (secondary N) is 1. The molecule has 8 heteroatoms. The summed E-state index contributed by atoms with van der Waals surface area (Å²) in [5, 5.41) is 3.31. The van der Waals surface area contributed by atoms with E-state index in [1.165, 1.54) is 12.3 Å². The standard InChI is InChI=1S/C20H21N5O3/c1-2-14-12-19(22-13-21-14)24-6-8-25(9-7-24)20(27)23-15-3-4-18-16(11-15)17(26)5-10-28-18/h3-5,10-13H,2,6-9H2,1H3,(H,23,27). The Morgan fingerprint density at radius 3 is 2.75 bits per heavy atom. The van der Waals surface area contributed by atoms with Crippen LogP contribution in [0.5, 0.6) is 0 Å². The number of amides is 2. The lowest BCUT2D eigenvalue weighted by Gasteiger charge is -2.35. The number of hydrogen-bond acceptors (Lipinski definition) is 6. The first-order valence-corrected chi connectivity index (χ1v) is 9.27. The molecule has 0 atom stereocenters. The van der Waals surface area contributed by atoms with Gasteiger partial charge in [-0.25, -0.2) is 14.8 Å². The number of aryl methyl sites for hydroxylation is 1. The number of aromatic nitrogens is 2. The van der Waals surface area contributed by atoms with Crippen molar-refractivity contribution in [3.63, 3.8) is 0 Å². The molecule has 1 fully saturated rings. The number of nitrogens with zero attached hydrogens (tertiary/aromatic N) is 4.